The van der Waals surface area contributed by atoms with Crippen molar-refractivity contribution < 1.29 is 9.90 Å². The van der Waals surface area contributed by atoms with E-state index < -0.39 is 5.97 Å². The van der Waals surface area contributed by atoms with Crippen LogP contribution in [0, 0.1) is 0 Å². The van der Waals surface area contributed by atoms with Crippen LogP contribution in [0.2, 0.25) is 10.0 Å². The van der Waals surface area contributed by atoms with Crippen LogP contribution in [-0.4, -0.2) is 20.6 Å². The van der Waals surface area contributed by atoms with Crippen molar-refractivity contribution in [2.24, 2.45) is 0 Å². The summed E-state index contributed by atoms with van der Waals surface area (Å²) in [6.45, 7) is 0. The molecule has 2 aromatic rings. The number of carbonyl (C=O) groups is 1. The Kier molecular flexibility index (Phi) is 2.85. The van der Waals surface area contributed by atoms with Crippen LogP contribution < -0.4 is 0 Å². The Hall–Kier alpha value is -1.52. The van der Waals surface area contributed by atoms with Crippen molar-refractivity contribution in [3.63, 3.8) is 0 Å². The molecular formula is C10H6Cl2N2O2. The van der Waals surface area contributed by atoms with Crippen LogP contribution in [-0.2, 0) is 0 Å². The maximum Gasteiger partial charge on any atom is 0.352 e. The second-order valence-corrected chi connectivity index (χ2v) is 3.87. The van der Waals surface area contributed by atoms with E-state index in [2.05, 4.69) is 4.98 Å². The maximum absolute atomic E-state index is 10.9. The van der Waals surface area contributed by atoms with Gasteiger partial charge in [0.2, 0.25) is 0 Å². The van der Waals surface area contributed by atoms with E-state index in [-0.39, 0.29) is 5.69 Å². The van der Waals surface area contributed by atoms with Gasteiger partial charge in [0, 0.05) is 12.4 Å². The zero-order valence-corrected chi connectivity index (χ0v) is 9.40. The van der Waals surface area contributed by atoms with Gasteiger partial charge in [0.1, 0.15) is 5.69 Å². The highest BCUT2D eigenvalue weighted by Gasteiger charge is 2.13. The number of hydrogen-bond acceptors (Lipinski definition) is 2. The summed E-state index contributed by atoms with van der Waals surface area (Å²) in [6.07, 6.45) is 2.99. The van der Waals surface area contributed by atoms with Crippen LogP contribution in [0.1, 0.15) is 10.5 Å². The maximum atomic E-state index is 10.9. The lowest BCUT2D eigenvalue weighted by atomic mass is 10.4. The van der Waals surface area contributed by atoms with Gasteiger partial charge in [0.05, 0.1) is 10.0 Å². The fraction of sp³-hybridized carbons (Fsp3) is 0. The standard InChI is InChI=1S/C10H6Cl2N2O2/c11-6-4-7(12)9(13-5-6)14-3-1-2-8(14)10(15)16/h1-5H,(H,15,16). The molecule has 0 amide bonds. The Morgan fingerprint density at radius 3 is 2.81 bits per heavy atom. The number of aromatic nitrogens is 2. The van der Waals surface area contributed by atoms with Crippen molar-refractivity contribution in [2.75, 3.05) is 0 Å². The summed E-state index contributed by atoms with van der Waals surface area (Å²) in [6, 6.07) is 4.59. The van der Waals surface area contributed by atoms with Gasteiger partial charge in [0.25, 0.3) is 0 Å². The SMILES string of the molecule is O=C(O)c1cccn1-c1ncc(Cl)cc1Cl. The lowest BCUT2D eigenvalue weighted by Crippen LogP contribution is -2.07. The van der Waals surface area contributed by atoms with Crippen molar-refractivity contribution in [1.82, 2.24) is 9.55 Å². The van der Waals surface area contributed by atoms with Crippen LogP contribution in [0.25, 0.3) is 5.82 Å². The summed E-state index contributed by atoms with van der Waals surface area (Å²) >= 11 is 11.6. The largest absolute Gasteiger partial charge is 0.477 e. The lowest BCUT2D eigenvalue weighted by molar-refractivity contribution is 0.0688. The average Bonchev–Trinajstić information content (AvgIpc) is 2.66. The highest BCUT2D eigenvalue weighted by molar-refractivity contribution is 6.35. The number of carboxylic acid groups (broad SMARTS) is 1. The van der Waals surface area contributed by atoms with E-state index in [1.165, 1.54) is 22.9 Å². The number of hydrogen-bond donors (Lipinski definition) is 1. The van der Waals surface area contributed by atoms with Gasteiger partial charge in [-0.3, -0.25) is 4.57 Å². The van der Waals surface area contributed by atoms with Gasteiger partial charge in [-0.15, -0.1) is 0 Å². The predicted molar refractivity (Wildman–Crippen MR) is 60.5 cm³/mol. The van der Waals surface area contributed by atoms with E-state index in [0.717, 1.165) is 0 Å². The molecule has 0 aliphatic heterocycles. The monoisotopic (exact) mass is 256 g/mol. The van der Waals surface area contributed by atoms with E-state index in [1.807, 2.05) is 0 Å². The third-order valence-electron chi connectivity index (χ3n) is 1.98. The van der Waals surface area contributed by atoms with Crippen molar-refractivity contribution in [1.29, 1.82) is 0 Å². The molecule has 0 aromatic carbocycles. The van der Waals surface area contributed by atoms with Gasteiger partial charge in [-0.25, -0.2) is 9.78 Å². The number of rotatable bonds is 2. The van der Waals surface area contributed by atoms with E-state index >= 15 is 0 Å². The molecule has 16 heavy (non-hydrogen) atoms. The second kappa shape index (κ2) is 4.15. The highest BCUT2D eigenvalue weighted by atomic mass is 35.5. The molecule has 2 heterocycles. The normalized spacial score (nSPS) is 10.4. The molecule has 2 rings (SSSR count). The highest BCUT2D eigenvalue weighted by Crippen LogP contribution is 2.23. The first-order valence-electron chi connectivity index (χ1n) is 4.31. The van der Waals surface area contributed by atoms with Crippen LogP contribution in [0.5, 0.6) is 0 Å². The Morgan fingerprint density at radius 1 is 1.44 bits per heavy atom. The second-order valence-electron chi connectivity index (χ2n) is 3.03. The number of carboxylic acids is 1. The fourth-order valence-electron chi connectivity index (χ4n) is 1.32. The third kappa shape index (κ3) is 1.89. The lowest BCUT2D eigenvalue weighted by Gasteiger charge is -2.07. The van der Waals surface area contributed by atoms with E-state index in [9.17, 15) is 4.79 Å². The molecule has 2 aromatic heterocycles. The minimum absolute atomic E-state index is 0.0942. The van der Waals surface area contributed by atoms with Crippen molar-refractivity contribution in [2.45, 2.75) is 0 Å². The van der Waals surface area contributed by atoms with Gasteiger partial charge < -0.3 is 5.11 Å². The molecule has 4 nitrogen and oxygen atoms in total. The van der Waals surface area contributed by atoms with Gasteiger partial charge in [-0.2, -0.15) is 0 Å². The number of nitrogens with zero attached hydrogens (tertiary/aromatic N) is 2. The quantitative estimate of drug-likeness (QED) is 0.899. The molecule has 1 N–H and O–H groups in total. The summed E-state index contributed by atoms with van der Waals surface area (Å²) < 4.78 is 1.39. The molecule has 0 spiro atoms. The fourth-order valence-corrected chi connectivity index (χ4v) is 1.80. The molecule has 82 valence electrons. The molecular weight excluding hydrogens is 251 g/mol. The Morgan fingerprint density at radius 2 is 2.19 bits per heavy atom. The molecule has 0 aliphatic carbocycles. The van der Waals surface area contributed by atoms with Crippen molar-refractivity contribution in [3.05, 3.63) is 46.3 Å². The average molecular weight is 257 g/mol. The summed E-state index contributed by atoms with van der Waals surface area (Å²) in [5, 5.41) is 9.64. The molecule has 0 radical (unpaired) electrons. The Bertz CT molecular complexity index is 552. The van der Waals surface area contributed by atoms with E-state index in [4.69, 9.17) is 28.3 Å². The molecule has 6 heteroatoms. The first kappa shape index (κ1) is 11.0. The zero-order chi connectivity index (χ0) is 11.7. The topological polar surface area (TPSA) is 55.1 Å². The van der Waals surface area contributed by atoms with Crippen LogP contribution >= 0.6 is 23.2 Å². The van der Waals surface area contributed by atoms with Gasteiger partial charge in [0.15, 0.2) is 5.82 Å². The summed E-state index contributed by atoms with van der Waals surface area (Å²) in [4.78, 5) is 14.9. The van der Waals surface area contributed by atoms with Crippen molar-refractivity contribution in [3.8, 4) is 5.82 Å². The van der Waals surface area contributed by atoms with Gasteiger partial charge in [-0.05, 0) is 18.2 Å². The Labute approximate surface area is 101 Å². The summed E-state index contributed by atoms with van der Waals surface area (Å²) in [5.41, 5.74) is 0.0942. The number of halogens is 2. The summed E-state index contributed by atoms with van der Waals surface area (Å²) in [5.74, 6) is -0.703. The first-order valence-corrected chi connectivity index (χ1v) is 5.07. The molecule has 0 saturated heterocycles. The Balaban J connectivity index is 2.59. The molecule has 0 atom stereocenters. The van der Waals surface area contributed by atoms with Crippen LogP contribution in [0.3, 0.4) is 0 Å². The van der Waals surface area contributed by atoms with Gasteiger partial charge >= 0.3 is 5.97 Å². The van der Waals surface area contributed by atoms with Gasteiger partial charge in [-0.1, -0.05) is 23.2 Å². The predicted octanol–water partition coefficient (Wildman–Crippen LogP) is 2.88. The molecule has 0 aliphatic rings. The molecule has 0 saturated carbocycles. The zero-order valence-electron chi connectivity index (χ0n) is 7.89. The number of aromatic carboxylic acids is 1. The van der Waals surface area contributed by atoms with E-state index in [0.29, 0.717) is 15.9 Å². The van der Waals surface area contributed by atoms with Crippen molar-refractivity contribution >= 4 is 29.2 Å². The minimum atomic E-state index is -1.04. The molecule has 0 fully saturated rings. The molecule has 0 bridgehead atoms. The first-order chi connectivity index (χ1) is 7.59. The summed E-state index contributed by atoms with van der Waals surface area (Å²) in [7, 11) is 0. The minimum Gasteiger partial charge on any atom is -0.477 e. The third-order valence-corrected chi connectivity index (χ3v) is 2.47. The van der Waals surface area contributed by atoms with Crippen LogP contribution in [0.4, 0.5) is 0 Å². The van der Waals surface area contributed by atoms with E-state index in [1.54, 1.807) is 12.3 Å². The number of pyridine rings is 1. The smallest absolute Gasteiger partial charge is 0.352 e. The molecule has 0 unspecified atom stereocenters. The van der Waals surface area contributed by atoms with Crippen LogP contribution in [0.15, 0.2) is 30.6 Å².